The summed E-state index contributed by atoms with van der Waals surface area (Å²) in [4.78, 5) is 13.3. The zero-order valence-electron chi connectivity index (χ0n) is 18.1. The Bertz CT molecular complexity index is 1300. The number of benzene rings is 4. The molecule has 0 aliphatic carbocycles. The van der Waals surface area contributed by atoms with Crippen LogP contribution in [-0.2, 0) is 10.0 Å². The molecule has 0 saturated carbocycles. The van der Waals surface area contributed by atoms with Crippen molar-refractivity contribution in [3.05, 3.63) is 131 Å². The first kappa shape index (κ1) is 22.3. The van der Waals surface area contributed by atoms with Crippen LogP contribution in [0.5, 0.6) is 0 Å². The maximum Gasteiger partial charge on any atom is 0.261 e. The molecule has 4 aromatic carbocycles. The summed E-state index contributed by atoms with van der Waals surface area (Å²) in [5.41, 5.74) is 3.55. The summed E-state index contributed by atoms with van der Waals surface area (Å²) in [7, 11) is -3.76. The van der Waals surface area contributed by atoms with Crippen LogP contribution >= 0.6 is 0 Å². The molecule has 33 heavy (non-hydrogen) atoms. The number of anilines is 1. The van der Waals surface area contributed by atoms with Crippen molar-refractivity contribution in [2.45, 2.75) is 17.9 Å². The number of hydrogen-bond donors (Lipinski definition) is 2. The number of nitrogens with one attached hydrogen (secondary N) is 2. The van der Waals surface area contributed by atoms with Crippen LogP contribution in [0.4, 0.5) is 5.69 Å². The number of aryl methyl sites for hydroxylation is 1. The molecule has 0 saturated heterocycles. The summed E-state index contributed by atoms with van der Waals surface area (Å²) >= 11 is 0. The minimum atomic E-state index is -3.76. The van der Waals surface area contributed by atoms with Crippen LogP contribution in [0.1, 0.15) is 33.1 Å². The first-order chi connectivity index (χ1) is 15.9. The zero-order valence-corrected chi connectivity index (χ0v) is 18.9. The fourth-order valence-corrected chi connectivity index (χ4v) is 4.57. The summed E-state index contributed by atoms with van der Waals surface area (Å²) in [6, 6.07) is 32.1. The van der Waals surface area contributed by atoms with E-state index in [9.17, 15) is 13.2 Å². The maximum absolute atomic E-state index is 13.1. The van der Waals surface area contributed by atoms with Crippen LogP contribution in [0.25, 0.3) is 0 Å². The van der Waals surface area contributed by atoms with Crippen LogP contribution in [0.3, 0.4) is 0 Å². The van der Waals surface area contributed by atoms with Crippen molar-refractivity contribution in [1.82, 2.24) is 5.32 Å². The van der Waals surface area contributed by atoms with E-state index in [1.54, 1.807) is 42.5 Å². The van der Waals surface area contributed by atoms with Gasteiger partial charge in [0.05, 0.1) is 10.9 Å². The average Bonchev–Trinajstić information content (AvgIpc) is 2.83. The highest BCUT2D eigenvalue weighted by Crippen LogP contribution is 2.23. The number of hydrogen-bond acceptors (Lipinski definition) is 3. The topological polar surface area (TPSA) is 75.3 Å². The lowest BCUT2D eigenvalue weighted by atomic mass is 9.98. The van der Waals surface area contributed by atoms with Crippen LogP contribution in [0.15, 0.2) is 114 Å². The van der Waals surface area contributed by atoms with Crippen LogP contribution in [0, 0.1) is 6.92 Å². The van der Waals surface area contributed by atoms with Crippen molar-refractivity contribution in [3.8, 4) is 0 Å². The first-order valence-corrected chi connectivity index (χ1v) is 12.0. The maximum atomic E-state index is 13.1. The summed E-state index contributed by atoms with van der Waals surface area (Å²) in [5, 5.41) is 3.08. The van der Waals surface area contributed by atoms with Gasteiger partial charge < -0.3 is 5.32 Å². The van der Waals surface area contributed by atoms with Crippen molar-refractivity contribution in [2.24, 2.45) is 0 Å². The van der Waals surface area contributed by atoms with E-state index in [-0.39, 0.29) is 16.8 Å². The predicted molar refractivity (Wildman–Crippen MR) is 131 cm³/mol. The fraction of sp³-hybridized carbons (Fsp3) is 0.0741. The van der Waals surface area contributed by atoms with Crippen molar-refractivity contribution >= 4 is 21.6 Å². The van der Waals surface area contributed by atoms with Crippen LogP contribution < -0.4 is 10.0 Å². The van der Waals surface area contributed by atoms with Crippen molar-refractivity contribution < 1.29 is 13.2 Å². The number of rotatable bonds is 7. The number of carbonyl (C=O) groups excluding carboxylic acids is 1. The number of amides is 1. The molecule has 0 aromatic heterocycles. The van der Waals surface area contributed by atoms with Gasteiger partial charge in [0.1, 0.15) is 0 Å². The third-order valence-electron chi connectivity index (χ3n) is 5.25. The monoisotopic (exact) mass is 456 g/mol. The lowest BCUT2D eigenvalue weighted by molar-refractivity contribution is 0.0943. The molecule has 6 heteroatoms. The molecule has 0 aliphatic heterocycles. The van der Waals surface area contributed by atoms with Gasteiger partial charge in [-0.05, 0) is 48.4 Å². The smallest absolute Gasteiger partial charge is 0.261 e. The molecule has 0 atom stereocenters. The van der Waals surface area contributed by atoms with E-state index in [4.69, 9.17) is 0 Å². The molecular weight excluding hydrogens is 432 g/mol. The second-order valence-electron chi connectivity index (χ2n) is 7.73. The molecular formula is C27H24N2O3S. The molecule has 0 bridgehead atoms. The number of carbonyl (C=O) groups is 1. The van der Waals surface area contributed by atoms with E-state index in [1.807, 2.05) is 67.6 Å². The molecule has 0 unspecified atom stereocenters. The average molecular weight is 457 g/mol. The molecule has 2 N–H and O–H groups in total. The Labute approximate surface area is 194 Å². The molecule has 0 radical (unpaired) electrons. The summed E-state index contributed by atoms with van der Waals surface area (Å²) in [6.45, 7) is 1.89. The molecule has 0 spiro atoms. The lowest BCUT2D eigenvalue weighted by Crippen LogP contribution is -2.29. The van der Waals surface area contributed by atoms with E-state index in [0.717, 1.165) is 16.7 Å². The normalized spacial score (nSPS) is 11.2. The van der Waals surface area contributed by atoms with E-state index < -0.39 is 10.0 Å². The van der Waals surface area contributed by atoms with Gasteiger partial charge in [-0.15, -0.1) is 0 Å². The van der Waals surface area contributed by atoms with E-state index >= 15 is 0 Å². The summed E-state index contributed by atoms with van der Waals surface area (Å²) < 4.78 is 28.0. The predicted octanol–water partition coefficient (Wildman–Crippen LogP) is 5.32. The highest BCUT2D eigenvalue weighted by molar-refractivity contribution is 7.92. The SMILES string of the molecule is Cc1ccc(S(=O)(=O)Nc2cccc(C(=O)NC(c3ccccc3)c3ccccc3)c2)cc1. The highest BCUT2D eigenvalue weighted by atomic mass is 32.2. The van der Waals surface area contributed by atoms with Crippen LogP contribution in [-0.4, -0.2) is 14.3 Å². The van der Waals surface area contributed by atoms with E-state index in [0.29, 0.717) is 11.3 Å². The van der Waals surface area contributed by atoms with Gasteiger partial charge in [0.2, 0.25) is 0 Å². The van der Waals surface area contributed by atoms with Gasteiger partial charge in [0.15, 0.2) is 0 Å². The molecule has 0 heterocycles. The van der Waals surface area contributed by atoms with Gasteiger partial charge in [-0.3, -0.25) is 9.52 Å². The Kier molecular flexibility index (Phi) is 6.56. The van der Waals surface area contributed by atoms with Gasteiger partial charge in [-0.25, -0.2) is 8.42 Å². The van der Waals surface area contributed by atoms with Gasteiger partial charge in [0.25, 0.3) is 15.9 Å². The largest absolute Gasteiger partial charge is 0.341 e. The Morgan fingerprint density at radius 2 is 1.30 bits per heavy atom. The summed E-state index contributed by atoms with van der Waals surface area (Å²) in [6.07, 6.45) is 0. The third-order valence-corrected chi connectivity index (χ3v) is 6.65. The van der Waals surface area contributed by atoms with E-state index in [1.165, 1.54) is 6.07 Å². The quantitative estimate of drug-likeness (QED) is 0.395. The van der Waals surface area contributed by atoms with Gasteiger partial charge in [0, 0.05) is 11.3 Å². The Morgan fingerprint density at radius 3 is 1.88 bits per heavy atom. The van der Waals surface area contributed by atoms with Crippen molar-refractivity contribution in [3.63, 3.8) is 0 Å². The number of sulfonamides is 1. The summed E-state index contributed by atoms with van der Waals surface area (Å²) in [5.74, 6) is -0.302. The van der Waals surface area contributed by atoms with Gasteiger partial charge in [-0.1, -0.05) is 84.4 Å². The second-order valence-corrected chi connectivity index (χ2v) is 9.41. The highest BCUT2D eigenvalue weighted by Gasteiger charge is 2.19. The molecule has 5 nitrogen and oxygen atoms in total. The second kappa shape index (κ2) is 9.71. The van der Waals surface area contributed by atoms with Crippen molar-refractivity contribution in [2.75, 3.05) is 4.72 Å². The third kappa shape index (κ3) is 5.48. The standard InChI is InChI=1S/C27H24N2O3S/c1-20-15-17-25(18-16-20)33(31,32)29-24-14-8-13-23(19-24)27(30)28-26(21-9-4-2-5-10-21)22-11-6-3-7-12-22/h2-19,26,29H,1H3,(H,28,30). The molecule has 0 aliphatic rings. The molecule has 1 amide bonds. The Morgan fingerprint density at radius 1 is 0.727 bits per heavy atom. The minimum Gasteiger partial charge on any atom is -0.341 e. The molecule has 0 fully saturated rings. The Balaban J connectivity index is 1.57. The van der Waals surface area contributed by atoms with Gasteiger partial charge >= 0.3 is 0 Å². The molecule has 4 rings (SSSR count). The Hall–Kier alpha value is -3.90. The molecule has 166 valence electrons. The minimum absolute atomic E-state index is 0.163. The zero-order chi connectivity index (χ0) is 23.3. The van der Waals surface area contributed by atoms with E-state index in [2.05, 4.69) is 10.0 Å². The van der Waals surface area contributed by atoms with Crippen molar-refractivity contribution in [1.29, 1.82) is 0 Å². The van der Waals surface area contributed by atoms with Crippen LogP contribution in [0.2, 0.25) is 0 Å². The molecule has 4 aromatic rings. The fourth-order valence-electron chi connectivity index (χ4n) is 3.52. The van der Waals surface area contributed by atoms with Gasteiger partial charge in [-0.2, -0.15) is 0 Å². The first-order valence-electron chi connectivity index (χ1n) is 10.5. The lowest BCUT2D eigenvalue weighted by Gasteiger charge is -2.20.